The number of hydrogen-bond acceptors (Lipinski definition) is 7. The van der Waals surface area contributed by atoms with Crippen molar-refractivity contribution in [1.82, 2.24) is 15.2 Å². The molecule has 0 aliphatic rings. The van der Waals surface area contributed by atoms with E-state index in [2.05, 4.69) is 51.0 Å². The van der Waals surface area contributed by atoms with E-state index in [1.54, 1.807) is 24.6 Å². The monoisotopic (exact) mass is 490 g/mol. The molecule has 0 atom stereocenters. The molecule has 6 aromatic rings. The fourth-order valence-corrected chi connectivity index (χ4v) is 5.02. The Morgan fingerprint density at radius 3 is 2.39 bits per heavy atom. The van der Waals surface area contributed by atoms with Crippen LogP contribution in [0.15, 0.2) is 90.4 Å². The van der Waals surface area contributed by atoms with Crippen LogP contribution in [0.1, 0.15) is 5.56 Å². The van der Waals surface area contributed by atoms with Crippen molar-refractivity contribution in [2.75, 3.05) is 12.4 Å². The van der Waals surface area contributed by atoms with Crippen molar-refractivity contribution in [2.24, 2.45) is 0 Å². The maximum Gasteiger partial charge on any atom is 0.161 e. The maximum atomic E-state index is 6.18. The predicted molar refractivity (Wildman–Crippen MR) is 146 cm³/mol. The summed E-state index contributed by atoms with van der Waals surface area (Å²) in [6.45, 7) is 2.09. The molecule has 6 rings (SSSR count). The molecule has 0 radical (unpaired) electrons. The minimum absolute atomic E-state index is 0.712. The fourth-order valence-electron chi connectivity index (χ4n) is 4.12. The highest BCUT2D eigenvalue weighted by molar-refractivity contribution is 7.13. The zero-order chi connectivity index (χ0) is 24.5. The summed E-state index contributed by atoms with van der Waals surface area (Å²) >= 11 is 1.68. The minimum Gasteiger partial charge on any atom is -0.497 e. The molecule has 0 aliphatic heterocycles. The van der Waals surface area contributed by atoms with Gasteiger partial charge < -0.3 is 14.8 Å². The van der Waals surface area contributed by atoms with Gasteiger partial charge >= 0.3 is 0 Å². The van der Waals surface area contributed by atoms with Crippen LogP contribution in [-0.2, 0) is 0 Å². The van der Waals surface area contributed by atoms with Crippen molar-refractivity contribution in [3.05, 3.63) is 96.0 Å². The number of ether oxygens (including phenoxy) is 2. The molecule has 0 spiro atoms. The molecule has 176 valence electrons. The zero-order valence-electron chi connectivity index (χ0n) is 19.7. The number of aromatic nitrogens is 3. The lowest BCUT2D eigenvalue weighted by molar-refractivity contribution is 0.415. The first kappa shape index (κ1) is 22.0. The molecular formula is C29H22N4O2S. The Morgan fingerprint density at radius 2 is 1.61 bits per heavy atom. The highest BCUT2D eigenvalue weighted by atomic mass is 32.1. The second-order valence-electron chi connectivity index (χ2n) is 8.37. The van der Waals surface area contributed by atoms with Gasteiger partial charge in [-0.15, -0.1) is 21.5 Å². The standard InChI is InChI=1S/C29H22N4O2S/c1-18-15-27(36-17-18)28-22-5-3-4-6-23(22)29(33-32-28)31-19-7-9-20(10-8-19)35-26-13-14-30-25-12-11-21(34-2)16-24(25)26/h3-17H,1-2H3,(H,31,33). The Morgan fingerprint density at radius 1 is 0.806 bits per heavy atom. The highest BCUT2D eigenvalue weighted by Crippen LogP contribution is 2.35. The lowest BCUT2D eigenvalue weighted by Crippen LogP contribution is -1.98. The normalized spacial score (nSPS) is 11.1. The van der Waals surface area contributed by atoms with Gasteiger partial charge in [0.15, 0.2) is 5.82 Å². The van der Waals surface area contributed by atoms with Crippen molar-refractivity contribution in [3.63, 3.8) is 0 Å². The van der Waals surface area contributed by atoms with Crippen LogP contribution in [0.2, 0.25) is 0 Å². The van der Waals surface area contributed by atoms with E-state index in [0.29, 0.717) is 5.82 Å². The Bertz CT molecular complexity index is 1700. The van der Waals surface area contributed by atoms with Gasteiger partial charge in [0.1, 0.15) is 22.9 Å². The Hall–Kier alpha value is -4.49. The first-order valence-corrected chi connectivity index (χ1v) is 12.3. The third-order valence-electron chi connectivity index (χ3n) is 5.90. The third-order valence-corrected chi connectivity index (χ3v) is 6.96. The lowest BCUT2D eigenvalue weighted by atomic mass is 10.1. The lowest BCUT2D eigenvalue weighted by Gasteiger charge is -2.12. The number of rotatable bonds is 6. The summed E-state index contributed by atoms with van der Waals surface area (Å²) in [6, 6.07) is 25.7. The van der Waals surface area contributed by atoms with E-state index in [4.69, 9.17) is 9.47 Å². The van der Waals surface area contributed by atoms with Crippen molar-refractivity contribution in [3.8, 4) is 27.8 Å². The van der Waals surface area contributed by atoms with Crippen LogP contribution < -0.4 is 14.8 Å². The van der Waals surface area contributed by atoms with Gasteiger partial charge in [0.05, 0.1) is 17.5 Å². The predicted octanol–water partition coefficient (Wildman–Crippen LogP) is 7.76. The topological polar surface area (TPSA) is 69.2 Å². The number of thiophene rings is 1. The largest absolute Gasteiger partial charge is 0.497 e. The molecule has 1 N–H and O–H groups in total. The molecule has 7 heteroatoms. The number of aryl methyl sites for hydroxylation is 1. The van der Waals surface area contributed by atoms with Gasteiger partial charge in [-0.2, -0.15) is 0 Å². The third kappa shape index (κ3) is 4.21. The fraction of sp³-hybridized carbons (Fsp3) is 0.0690. The van der Waals surface area contributed by atoms with Crippen LogP contribution in [0.5, 0.6) is 17.2 Å². The van der Waals surface area contributed by atoms with Crippen LogP contribution in [-0.4, -0.2) is 22.3 Å². The van der Waals surface area contributed by atoms with Crippen molar-refractivity contribution in [1.29, 1.82) is 0 Å². The van der Waals surface area contributed by atoms with E-state index < -0.39 is 0 Å². The maximum absolute atomic E-state index is 6.18. The van der Waals surface area contributed by atoms with Crippen LogP contribution in [0.4, 0.5) is 11.5 Å². The van der Waals surface area contributed by atoms with Crippen molar-refractivity contribution >= 4 is 44.5 Å². The van der Waals surface area contributed by atoms with E-state index in [1.165, 1.54) is 5.56 Å². The Kier molecular flexibility index (Phi) is 5.67. The molecule has 3 aromatic heterocycles. The number of nitrogens with one attached hydrogen (secondary N) is 1. The molecule has 36 heavy (non-hydrogen) atoms. The summed E-state index contributed by atoms with van der Waals surface area (Å²) in [5, 5.41) is 17.6. The van der Waals surface area contributed by atoms with Crippen molar-refractivity contribution < 1.29 is 9.47 Å². The molecule has 0 bridgehead atoms. The second-order valence-corrected chi connectivity index (χ2v) is 9.29. The van der Waals surface area contributed by atoms with Gasteiger partial charge in [0.25, 0.3) is 0 Å². The number of methoxy groups -OCH3 is 1. The van der Waals surface area contributed by atoms with Crippen molar-refractivity contribution in [2.45, 2.75) is 6.92 Å². The Labute approximate surface area is 212 Å². The first-order valence-electron chi connectivity index (χ1n) is 11.5. The quantitative estimate of drug-likeness (QED) is 0.257. The molecule has 0 amide bonds. The molecular weight excluding hydrogens is 468 g/mol. The Balaban J connectivity index is 1.27. The summed E-state index contributed by atoms with van der Waals surface area (Å²) in [4.78, 5) is 5.53. The van der Waals surface area contributed by atoms with Gasteiger partial charge in [-0.3, -0.25) is 4.98 Å². The van der Waals surface area contributed by atoms with Crippen LogP contribution in [0, 0.1) is 6.92 Å². The van der Waals surface area contributed by atoms with Gasteiger partial charge in [0.2, 0.25) is 0 Å². The first-order chi connectivity index (χ1) is 17.7. The summed E-state index contributed by atoms with van der Waals surface area (Å²) < 4.78 is 11.5. The molecule has 0 fully saturated rings. The summed E-state index contributed by atoms with van der Waals surface area (Å²) in [5.74, 6) is 2.91. The van der Waals surface area contributed by atoms with Gasteiger partial charge in [-0.25, -0.2) is 0 Å². The van der Waals surface area contributed by atoms with Gasteiger partial charge in [0, 0.05) is 28.0 Å². The number of nitrogens with zero attached hydrogens (tertiary/aromatic N) is 3. The number of anilines is 2. The molecule has 0 saturated carbocycles. The summed E-state index contributed by atoms with van der Waals surface area (Å²) in [7, 11) is 1.65. The number of fused-ring (bicyclic) bond motifs is 2. The molecule has 3 aromatic carbocycles. The number of pyridine rings is 1. The van der Waals surface area contributed by atoms with E-state index >= 15 is 0 Å². The molecule has 3 heterocycles. The summed E-state index contributed by atoms with van der Waals surface area (Å²) in [6.07, 6.45) is 1.74. The minimum atomic E-state index is 0.712. The average Bonchev–Trinajstić information content (AvgIpc) is 3.35. The van der Waals surface area contributed by atoms with E-state index in [9.17, 15) is 0 Å². The van der Waals surface area contributed by atoms with Gasteiger partial charge in [-0.1, -0.05) is 24.3 Å². The number of hydrogen-bond donors (Lipinski definition) is 1. The highest BCUT2D eigenvalue weighted by Gasteiger charge is 2.13. The smallest absolute Gasteiger partial charge is 0.161 e. The zero-order valence-corrected chi connectivity index (χ0v) is 20.5. The molecule has 6 nitrogen and oxygen atoms in total. The van der Waals surface area contributed by atoms with E-state index in [-0.39, 0.29) is 0 Å². The van der Waals surface area contributed by atoms with E-state index in [0.717, 1.165) is 55.2 Å². The SMILES string of the molecule is COc1ccc2nccc(Oc3ccc(Nc4nnc(-c5cc(C)cs5)c5ccccc45)cc3)c2c1. The molecule has 0 saturated heterocycles. The molecule has 0 aliphatic carbocycles. The second kappa shape index (κ2) is 9.28. The number of benzene rings is 3. The summed E-state index contributed by atoms with van der Waals surface area (Å²) in [5.41, 5.74) is 3.87. The van der Waals surface area contributed by atoms with Crippen LogP contribution in [0.3, 0.4) is 0 Å². The molecule has 0 unspecified atom stereocenters. The van der Waals surface area contributed by atoms with Crippen LogP contribution in [0.25, 0.3) is 32.2 Å². The van der Waals surface area contributed by atoms with E-state index in [1.807, 2.05) is 60.7 Å². The average molecular weight is 491 g/mol. The van der Waals surface area contributed by atoms with Crippen LogP contribution >= 0.6 is 11.3 Å². The van der Waals surface area contributed by atoms with Gasteiger partial charge in [-0.05, 0) is 72.5 Å².